The minimum atomic E-state index is -1.13. The lowest BCUT2D eigenvalue weighted by Crippen LogP contribution is -2.55. The molecule has 8 nitrogen and oxygen atoms in total. The summed E-state index contributed by atoms with van der Waals surface area (Å²) in [6, 6.07) is -0.733. The van der Waals surface area contributed by atoms with E-state index in [0.717, 1.165) is 89.9 Å². The largest absolute Gasteiger partial charge is 0.544 e. The van der Waals surface area contributed by atoms with Crippen LogP contribution in [0.5, 0.6) is 0 Å². The van der Waals surface area contributed by atoms with Gasteiger partial charge in [-0.15, -0.1) is 0 Å². The fourth-order valence-electron chi connectivity index (χ4n) is 6.64. The molecule has 59 heavy (non-hydrogen) atoms. The third kappa shape index (κ3) is 40.2. The van der Waals surface area contributed by atoms with Crippen LogP contribution in [-0.4, -0.2) is 75.5 Å². The van der Waals surface area contributed by atoms with Crippen molar-refractivity contribution in [3.8, 4) is 0 Å². The van der Waals surface area contributed by atoms with Crippen molar-refractivity contribution in [1.29, 1.82) is 0 Å². The molecule has 0 heterocycles. The van der Waals surface area contributed by atoms with E-state index in [0.29, 0.717) is 12.8 Å². The van der Waals surface area contributed by atoms with Crippen LogP contribution in [0.3, 0.4) is 0 Å². The normalized spacial score (nSPS) is 13.4. The highest BCUT2D eigenvalue weighted by Gasteiger charge is 2.25. The number of nitrogens with zero attached hydrogens (tertiary/aromatic N) is 1. The maximum Gasteiger partial charge on any atom is 0.306 e. The lowest BCUT2D eigenvalue weighted by atomic mass is 10.1. The van der Waals surface area contributed by atoms with Gasteiger partial charge in [-0.1, -0.05) is 152 Å². The molecule has 0 bridgehead atoms. The quantitative estimate of drug-likeness (QED) is 0.0261. The van der Waals surface area contributed by atoms with Gasteiger partial charge >= 0.3 is 11.9 Å². The first-order valence-corrected chi connectivity index (χ1v) is 23.8. The third-order valence-corrected chi connectivity index (χ3v) is 10.4. The Morgan fingerprint density at radius 3 is 1.39 bits per heavy atom. The van der Waals surface area contributed by atoms with Gasteiger partial charge in [0.25, 0.3) is 0 Å². The van der Waals surface area contributed by atoms with E-state index >= 15 is 0 Å². The number of likely N-dealkylation sites (N-methyl/N-ethyl adjacent to an activating group) is 1. The Kier molecular flexibility index (Phi) is 39.6. The second-order valence-corrected chi connectivity index (χ2v) is 17.0. The summed E-state index contributed by atoms with van der Waals surface area (Å²) in [6.07, 6.45) is 51.0. The van der Waals surface area contributed by atoms with E-state index in [-0.39, 0.29) is 42.7 Å². The zero-order valence-corrected chi connectivity index (χ0v) is 38.7. The average molecular weight is 828 g/mol. The first-order chi connectivity index (χ1) is 28.6. The third-order valence-electron chi connectivity index (χ3n) is 10.4. The second-order valence-electron chi connectivity index (χ2n) is 17.0. The number of carbonyl (C=O) groups excluding carboxylic acids is 3. The number of allylic oxidation sites excluding steroid dienone is 10. The Hall–Kier alpha value is -2.97. The number of carboxylic acid groups (broad SMARTS) is 1. The standard InChI is InChI=1S/C51H89NO7/c1-6-8-10-12-14-16-18-20-22-23-24-25-26-27-28-30-31-33-35-37-39-41-49(53)58-46-47(45-57-44-43-48(51(55)56)52(3,4)5)59-50(54)42-40-38-36-34-32-29-21-19-17-15-13-11-9-7-2/h14,16,20,22,24-25,27-29,32,47-48H,6-13,15,17-19,21,23,26,30-31,33-46H2,1-5H3/b16-14+,22-20+,25-24+,28-27+,32-29+. The molecule has 2 atom stereocenters. The monoisotopic (exact) mass is 828 g/mol. The van der Waals surface area contributed by atoms with Crippen LogP contribution in [0.4, 0.5) is 0 Å². The van der Waals surface area contributed by atoms with Crippen molar-refractivity contribution in [3.63, 3.8) is 0 Å². The molecular formula is C51H89NO7. The number of carbonyl (C=O) groups is 3. The Morgan fingerprint density at radius 2 is 0.898 bits per heavy atom. The molecule has 0 spiro atoms. The van der Waals surface area contributed by atoms with Crippen molar-refractivity contribution in [3.05, 3.63) is 60.8 Å². The van der Waals surface area contributed by atoms with Gasteiger partial charge < -0.3 is 28.6 Å². The van der Waals surface area contributed by atoms with Crippen molar-refractivity contribution in [2.45, 2.75) is 206 Å². The molecule has 0 aliphatic rings. The predicted octanol–water partition coefficient (Wildman–Crippen LogP) is 12.0. The topological polar surface area (TPSA) is 102 Å². The van der Waals surface area contributed by atoms with Crippen LogP contribution in [-0.2, 0) is 28.6 Å². The van der Waals surface area contributed by atoms with Crippen LogP contribution in [0.2, 0.25) is 0 Å². The van der Waals surface area contributed by atoms with Gasteiger partial charge in [-0.2, -0.15) is 0 Å². The Balaban J connectivity index is 4.35. The van der Waals surface area contributed by atoms with Gasteiger partial charge in [0.2, 0.25) is 0 Å². The van der Waals surface area contributed by atoms with Gasteiger partial charge in [-0.05, 0) is 83.5 Å². The maximum absolute atomic E-state index is 12.7. The van der Waals surface area contributed by atoms with E-state index in [1.165, 1.54) is 70.6 Å². The molecule has 0 saturated carbocycles. The number of carboxylic acids is 1. The van der Waals surface area contributed by atoms with Crippen molar-refractivity contribution < 1.29 is 38.2 Å². The van der Waals surface area contributed by atoms with Crippen LogP contribution in [0.25, 0.3) is 0 Å². The summed E-state index contributed by atoms with van der Waals surface area (Å²) in [4.78, 5) is 36.9. The van der Waals surface area contributed by atoms with Crippen molar-refractivity contribution in [1.82, 2.24) is 0 Å². The van der Waals surface area contributed by atoms with Crippen LogP contribution < -0.4 is 5.11 Å². The average Bonchev–Trinajstić information content (AvgIpc) is 3.19. The summed E-state index contributed by atoms with van der Waals surface area (Å²) in [5.74, 6) is -1.78. The minimum absolute atomic E-state index is 0.0267. The van der Waals surface area contributed by atoms with Gasteiger partial charge in [0, 0.05) is 19.3 Å². The van der Waals surface area contributed by atoms with E-state index < -0.39 is 18.1 Å². The second kappa shape index (κ2) is 41.8. The molecule has 0 aromatic carbocycles. The molecule has 8 heteroatoms. The highest BCUT2D eigenvalue weighted by atomic mass is 16.6. The van der Waals surface area contributed by atoms with Crippen LogP contribution in [0.15, 0.2) is 60.8 Å². The van der Waals surface area contributed by atoms with Gasteiger partial charge in [0.05, 0.1) is 40.3 Å². The Labute approximate surface area is 362 Å². The number of quaternary nitrogens is 1. The number of hydrogen-bond donors (Lipinski definition) is 0. The van der Waals surface area contributed by atoms with Gasteiger partial charge in [0.15, 0.2) is 6.10 Å². The summed E-state index contributed by atoms with van der Waals surface area (Å²) in [6.45, 7) is 4.59. The lowest BCUT2D eigenvalue weighted by molar-refractivity contribution is -0.889. The highest BCUT2D eigenvalue weighted by molar-refractivity contribution is 5.70. The van der Waals surface area contributed by atoms with Crippen molar-refractivity contribution >= 4 is 17.9 Å². The number of aliphatic carboxylic acids is 1. The maximum atomic E-state index is 12.7. The molecule has 0 radical (unpaired) electrons. The van der Waals surface area contributed by atoms with E-state index in [1.807, 2.05) is 0 Å². The SMILES string of the molecule is CCCCC/C=C/C/C=C/C/C=C/C/C=C/CCCCCCCC(=O)OCC(COCCC(C(=O)[O-])[N+](C)(C)C)OC(=O)CCCCC/C=C/CCCCCCCCC. The highest BCUT2D eigenvalue weighted by Crippen LogP contribution is 2.13. The first-order valence-electron chi connectivity index (χ1n) is 23.8. The molecule has 0 aromatic rings. The molecule has 0 rings (SSSR count). The summed E-state index contributed by atoms with van der Waals surface area (Å²) in [7, 11) is 5.39. The van der Waals surface area contributed by atoms with Crippen molar-refractivity contribution in [2.24, 2.45) is 0 Å². The molecule has 0 aromatic heterocycles. The molecule has 0 saturated heterocycles. The number of ether oxygens (including phenoxy) is 3. The minimum Gasteiger partial charge on any atom is -0.544 e. The van der Waals surface area contributed by atoms with E-state index in [9.17, 15) is 19.5 Å². The predicted molar refractivity (Wildman–Crippen MR) is 245 cm³/mol. The Bertz CT molecular complexity index is 1150. The van der Waals surface area contributed by atoms with E-state index in [2.05, 4.69) is 74.6 Å². The number of rotatable bonds is 42. The molecule has 0 aliphatic carbocycles. The summed E-state index contributed by atoms with van der Waals surface area (Å²) in [5, 5.41) is 11.6. The summed E-state index contributed by atoms with van der Waals surface area (Å²) >= 11 is 0. The summed E-state index contributed by atoms with van der Waals surface area (Å²) in [5.41, 5.74) is 0. The summed E-state index contributed by atoms with van der Waals surface area (Å²) < 4.78 is 17.2. The smallest absolute Gasteiger partial charge is 0.306 e. The van der Waals surface area contributed by atoms with Gasteiger partial charge in [0.1, 0.15) is 12.6 Å². The fraction of sp³-hybridized carbons (Fsp3) is 0.745. The lowest BCUT2D eigenvalue weighted by Gasteiger charge is -2.34. The molecule has 0 N–H and O–H groups in total. The van der Waals surface area contributed by atoms with Gasteiger partial charge in [-0.3, -0.25) is 9.59 Å². The number of hydrogen-bond acceptors (Lipinski definition) is 7. The zero-order chi connectivity index (χ0) is 43.5. The molecule has 0 aliphatic heterocycles. The Morgan fingerprint density at radius 1 is 0.508 bits per heavy atom. The molecule has 340 valence electrons. The van der Waals surface area contributed by atoms with E-state index in [4.69, 9.17) is 14.2 Å². The van der Waals surface area contributed by atoms with E-state index in [1.54, 1.807) is 21.1 Å². The molecule has 0 amide bonds. The molecule has 2 unspecified atom stereocenters. The number of esters is 2. The first kappa shape index (κ1) is 56.0. The van der Waals surface area contributed by atoms with Crippen molar-refractivity contribution in [2.75, 3.05) is 41.0 Å². The van der Waals surface area contributed by atoms with Gasteiger partial charge in [-0.25, -0.2) is 0 Å². The number of unbranched alkanes of at least 4 members (excludes halogenated alkanes) is 18. The van der Waals surface area contributed by atoms with Crippen LogP contribution in [0, 0.1) is 0 Å². The fourth-order valence-corrected chi connectivity index (χ4v) is 6.64. The molecule has 0 fully saturated rings. The molecular weight excluding hydrogens is 739 g/mol. The van der Waals surface area contributed by atoms with Crippen LogP contribution >= 0.6 is 0 Å². The zero-order valence-electron chi connectivity index (χ0n) is 38.7. The van der Waals surface area contributed by atoms with Crippen LogP contribution in [0.1, 0.15) is 194 Å².